The van der Waals surface area contributed by atoms with Gasteiger partial charge < -0.3 is 9.84 Å². The Morgan fingerprint density at radius 1 is 1.18 bits per heavy atom. The fourth-order valence-corrected chi connectivity index (χ4v) is 4.59. The molecular formula is C24H25FKN2O5S. The number of hydrogen-bond donors (Lipinski definition) is 2. The summed E-state index contributed by atoms with van der Waals surface area (Å²) in [7, 11) is -2.70. The molecule has 3 rings (SSSR count). The number of benzene rings is 2. The van der Waals surface area contributed by atoms with Crippen molar-refractivity contribution in [3.05, 3.63) is 77.2 Å². The quantitative estimate of drug-likeness (QED) is 0.450. The second-order valence-electron chi connectivity index (χ2n) is 7.77. The molecule has 0 aliphatic carbocycles. The Hall–Kier alpha value is -1.66. The summed E-state index contributed by atoms with van der Waals surface area (Å²) < 4.78 is 47.1. The van der Waals surface area contributed by atoms with Gasteiger partial charge in [0.2, 0.25) is 11.8 Å². The Morgan fingerprint density at radius 3 is 2.56 bits per heavy atom. The molecule has 175 valence electrons. The number of methoxy groups -OCH3 is 1. The monoisotopic (exact) mass is 511 g/mol. The first-order chi connectivity index (χ1) is 15.6. The fourth-order valence-electron chi connectivity index (χ4n) is 3.53. The summed E-state index contributed by atoms with van der Waals surface area (Å²) in [5.41, 5.74) is 2.55. The van der Waals surface area contributed by atoms with E-state index in [0.29, 0.717) is 33.7 Å². The van der Waals surface area contributed by atoms with Gasteiger partial charge in [-0.3, -0.25) is 4.79 Å². The Balaban J connectivity index is 0.00000408. The Bertz CT molecular complexity index is 1280. The number of halogens is 1. The van der Waals surface area contributed by atoms with Crippen LogP contribution in [0.15, 0.2) is 59.6 Å². The van der Waals surface area contributed by atoms with Crippen LogP contribution < -0.4 is 9.46 Å². The zero-order valence-electron chi connectivity index (χ0n) is 19.5. The van der Waals surface area contributed by atoms with E-state index in [9.17, 15) is 22.7 Å². The maximum atomic E-state index is 14.5. The molecule has 2 N–H and O–H groups in total. The minimum absolute atomic E-state index is 0. The largest absolute Gasteiger partial charge is 0.481 e. The molecule has 2 aromatic carbocycles. The molecule has 0 bridgehead atoms. The van der Waals surface area contributed by atoms with E-state index >= 15 is 0 Å². The second kappa shape index (κ2) is 12.3. The number of amides is 1. The van der Waals surface area contributed by atoms with Crippen LogP contribution in [0.2, 0.25) is 0 Å². The average molecular weight is 512 g/mol. The number of aromatic nitrogens is 1. The third kappa shape index (κ3) is 6.94. The molecule has 0 unspecified atom stereocenters. The van der Waals surface area contributed by atoms with Gasteiger partial charge in [0.1, 0.15) is 5.82 Å². The van der Waals surface area contributed by atoms with Gasteiger partial charge in [0.25, 0.3) is 10.0 Å². The Morgan fingerprint density at radius 2 is 1.91 bits per heavy atom. The number of hydrogen-bond acceptors (Lipinski definition) is 6. The van der Waals surface area contributed by atoms with Crippen LogP contribution in [0.25, 0.3) is 11.1 Å². The molecule has 34 heavy (non-hydrogen) atoms. The number of aliphatic hydroxyl groups is 1. The van der Waals surface area contributed by atoms with Crippen LogP contribution in [0.5, 0.6) is 5.88 Å². The zero-order valence-corrected chi connectivity index (χ0v) is 23.4. The minimum Gasteiger partial charge on any atom is -0.481 e. The number of aliphatic hydroxyl groups excluding tert-OH is 1. The molecule has 3 aromatic rings. The molecule has 1 radical (unpaired) electrons. The SMILES string of the molecule is COc1cc(-c2cc(F)cc(C(C)C)c2CC(=O)NS(=O)(=O)c2cccc(CO)c2)ccn1.[K]. The van der Waals surface area contributed by atoms with Crippen molar-refractivity contribution in [1.82, 2.24) is 9.71 Å². The predicted molar refractivity (Wildman–Crippen MR) is 127 cm³/mol. The molecule has 0 fully saturated rings. The molecule has 0 aliphatic rings. The molecule has 0 spiro atoms. The summed E-state index contributed by atoms with van der Waals surface area (Å²) in [5.74, 6) is -1.03. The van der Waals surface area contributed by atoms with E-state index < -0.39 is 21.7 Å². The summed E-state index contributed by atoms with van der Waals surface area (Å²) in [6.07, 6.45) is 1.23. The maximum Gasteiger partial charge on any atom is 0.264 e. The summed E-state index contributed by atoms with van der Waals surface area (Å²) >= 11 is 0. The van der Waals surface area contributed by atoms with Crippen molar-refractivity contribution in [3.63, 3.8) is 0 Å². The van der Waals surface area contributed by atoms with Gasteiger partial charge in [-0.05, 0) is 64.1 Å². The first-order valence-electron chi connectivity index (χ1n) is 10.2. The molecule has 1 heterocycles. The van der Waals surface area contributed by atoms with E-state index in [-0.39, 0.29) is 75.2 Å². The smallest absolute Gasteiger partial charge is 0.264 e. The van der Waals surface area contributed by atoms with Crippen molar-refractivity contribution in [2.24, 2.45) is 0 Å². The Kier molecular flexibility index (Phi) is 10.4. The Labute approximate surface area is 241 Å². The van der Waals surface area contributed by atoms with E-state index in [1.165, 1.54) is 43.6 Å². The number of nitrogens with one attached hydrogen (secondary N) is 1. The van der Waals surface area contributed by atoms with Crippen LogP contribution in [0, 0.1) is 5.82 Å². The number of sulfonamides is 1. The molecular weight excluding hydrogens is 486 g/mol. The normalized spacial score (nSPS) is 11.1. The third-order valence-corrected chi connectivity index (χ3v) is 6.47. The van der Waals surface area contributed by atoms with Gasteiger partial charge in [-0.25, -0.2) is 22.5 Å². The van der Waals surface area contributed by atoms with Crippen molar-refractivity contribution in [1.29, 1.82) is 0 Å². The van der Waals surface area contributed by atoms with E-state index in [1.807, 2.05) is 13.8 Å². The zero-order chi connectivity index (χ0) is 24.2. The van der Waals surface area contributed by atoms with Gasteiger partial charge in [-0.2, -0.15) is 0 Å². The van der Waals surface area contributed by atoms with Gasteiger partial charge in [-0.15, -0.1) is 0 Å². The van der Waals surface area contributed by atoms with Crippen LogP contribution in [0.4, 0.5) is 4.39 Å². The average Bonchev–Trinajstić information content (AvgIpc) is 2.79. The van der Waals surface area contributed by atoms with E-state index in [4.69, 9.17) is 4.74 Å². The molecule has 1 amide bonds. The molecule has 0 saturated heterocycles. The van der Waals surface area contributed by atoms with Gasteiger partial charge in [0.15, 0.2) is 0 Å². The first-order valence-corrected chi connectivity index (χ1v) is 11.7. The molecule has 1 aromatic heterocycles. The summed E-state index contributed by atoms with van der Waals surface area (Å²) in [6.45, 7) is 3.40. The van der Waals surface area contributed by atoms with E-state index in [0.717, 1.165) is 0 Å². The number of pyridine rings is 1. The van der Waals surface area contributed by atoms with Gasteiger partial charge >= 0.3 is 0 Å². The number of nitrogens with zero attached hydrogens (tertiary/aromatic N) is 1. The number of ether oxygens (including phenoxy) is 1. The fraction of sp³-hybridized carbons (Fsp3) is 0.250. The minimum atomic E-state index is -4.16. The van der Waals surface area contributed by atoms with Gasteiger partial charge in [-0.1, -0.05) is 26.0 Å². The number of carbonyl (C=O) groups is 1. The predicted octanol–water partition coefficient (Wildman–Crippen LogP) is 3.18. The number of rotatable bonds is 8. The van der Waals surface area contributed by atoms with Crippen LogP contribution in [-0.4, -0.2) is 82.9 Å². The second-order valence-corrected chi connectivity index (χ2v) is 9.46. The van der Waals surface area contributed by atoms with Crippen molar-refractivity contribution in [2.75, 3.05) is 7.11 Å². The third-order valence-electron chi connectivity index (χ3n) is 5.10. The molecule has 7 nitrogen and oxygen atoms in total. The van der Waals surface area contributed by atoms with Crippen molar-refractivity contribution >= 4 is 67.3 Å². The standard InChI is InChI=1S/C24H25FN2O5S.K/c1-15(2)20-11-18(25)12-21(17-7-8-26-24(10-17)32-3)22(20)13-23(29)27-33(30,31)19-6-4-5-16(9-19)14-28;/h4-12,15,28H,13-14H2,1-3H3,(H,27,29);. The summed E-state index contributed by atoms with van der Waals surface area (Å²) in [6, 6.07) is 11.6. The van der Waals surface area contributed by atoms with Crippen molar-refractivity contribution in [3.8, 4) is 17.0 Å². The topological polar surface area (TPSA) is 106 Å². The molecule has 0 aliphatic heterocycles. The summed E-state index contributed by atoms with van der Waals surface area (Å²) in [5, 5.41) is 9.26. The van der Waals surface area contributed by atoms with Crippen molar-refractivity contribution < 1.29 is 27.4 Å². The van der Waals surface area contributed by atoms with Crippen LogP contribution in [-0.2, 0) is 27.8 Å². The van der Waals surface area contributed by atoms with Crippen LogP contribution in [0.1, 0.15) is 36.5 Å². The van der Waals surface area contributed by atoms with E-state index in [2.05, 4.69) is 9.71 Å². The van der Waals surface area contributed by atoms with Crippen LogP contribution >= 0.6 is 0 Å². The van der Waals surface area contributed by atoms with Gasteiger partial charge in [0.05, 0.1) is 25.0 Å². The van der Waals surface area contributed by atoms with Crippen molar-refractivity contribution in [2.45, 2.75) is 37.7 Å². The maximum absolute atomic E-state index is 14.5. The number of carbonyl (C=O) groups excluding carboxylic acids is 1. The van der Waals surface area contributed by atoms with E-state index in [1.54, 1.807) is 18.2 Å². The van der Waals surface area contributed by atoms with Crippen LogP contribution in [0.3, 0.4) is 0 Å². The molecule has 0 atom stereocenters. The first kappa shape index (κ1) is 28.6. The molecule has 0 saturated carbocycles. The molecule has 10 heteroatoms. The summed E-state index contributed by atoms with van der Waals surface area (Å²) in [4.78, 5) is 16.8. The van der Waals surface area contributed by atoms with Gasteiger partial charge in [0, 0.05) is 63.6 Å².